The molecule has 1 aliphatic rings. The quantitative estimate of drug-likeness (QED) is 0.458. The van der Waals surface area contributed by atoms with Gasteiger partial charge in [-0.2, -0.15) is 4.31 Å². The van der Waals surface area contributed by atoms with Gasteiger partial charge in [-0.1, -0.05) is 31.2 Å². The summed E-state index contributed by atoms with van der Waals surface area (Å²) in [5, 5.41) is 2.66. The average Bonchev–Trinajstić information content (AvgIpc) is 2.86. The number of halogens is 5. The van der Waals surface area contributed by atoms with Crippen molar-refractivity contribution in [1.29, 1.82) is 0 Å². The Kier molecular flexibility index (Phi) is 8.81. The van der Waals surface area contributed by atoms with E-state index in [-0.39, 0.29) is 48.9 Å². The fourth-order valence-electron chi connectivity index (χ4n) is 4.08. The minimum absolute atomic E-state index is 0.0100. The van der Waals surface area contributed by atoms with Crippen LogP contribution in [0.1, 0.15) is 37.3 Å². The van der Waals surface area contributed by atoms with Gasteiger partial charge in [-0.05, 0) is 55.1 Å². The summed E-state index contributed by atoms with van der Waals surface area (Å²) >= 11 is 0. The average molecular weight is 550 g/mol. The Hall–Kier alpha value is -2.77. The zero-order valence-electron chi connectivity index (χ0n) is 20.0. The largest absolute Gasteiger partial charge is 0.573 e. The molecule has 204 valence electrons. The molecule has 0 spiro atoms. The third-order valence-electron chi connectivity index (χ3n) is 6.25. The van der Waals surface area contributed by atoms with E-state index in [1.165, 1.54) is 31.2 Å². The number of hydrogen-bond acceptors (Lipinski definition) is 5. The van der Waals surface area contributed by atoms with Crippen molar-refractivity contribution >= 4 is 15.9 Å². The summed E-state index contributed by atoms with van der Waals surface area (Å²) in [6.07, 6.45) is -4.72. The van der Waals surface area contributed by atoms with Gasteiger partial charge in [0.25, 0.3) is 5.92 Å². The lowest BCUT2D eigenvalue weighted by Crippen LogP contribution is -2.54. The highest BCUT2D eigenvalue weighted by atomic mass is 32.2. The molecule has 37 heavy (non-hydrogen) atoms. The van der Waals surface area contributed by atoms with Crippen molar-refractivity contribution in [2.45, 2.75) is 56.0 Å². The lowest BCUT2D eigenvalue weighted by atomic mass is 9.92. The van der Waals surface area contributed by atoms with E-state index in [9.17, 15) is 35.2 Å². The minimum Gasteiger partial charge on any atom is -0.406 e. The number of sulfonamides is 1. The SMILES string of the molecule is CCC(F)(F)c1ccc(CNC(=O)[C@H]2C[C@H](CN)CCN2S(=O)(=O)c2ccc(OC(F)(F)F)cc2)cc1. The second-order valence-corrected chi connectivity index (χ2v) is 10.6. The number of alkyl halides is 5. The summed E-state index contributed by atoms with van der Waals surface area (Å²) in [4.78, 5) is 12.8. The third kappa shape index (κ3) is 7.17. The third-order valence-corrected chi connectivity index (χ3v) is 8.17. The number of rotatable bonds is 9. The highest BCUT2D eigenvalue weighted by Gasteiger charge is 2.40. The molecule has 1 aliphatic heterocycles. The molecule has 0 unspecified atom stereocenters. The Morgan fingerprint density at radius 1 is 1.08 bits per heavy atom. The zero-order valence-corrected chi connectivity index (χ0v) is 20.8. The van der Waals surface area contributed by atoms with Gasteiger partial charge in [0, 0.05) is 25.1 Å². The van der Waals surface area contributed by atoms with Crippen LogP contribution in [0.5, 0.6) is 5.75 Å². The molecule has 0 aromatic heterocycles. The fourth-order valence-corrected chi connectivity index (χ4v) is 5.70. The number of benzene rings is 2. The molecular formula is C24H28F5N3O4S. The first-order valence-corrected chi connectivity index (χ1v) is 13.0. The standard InChI is InChI=1S/C24H28F5N3O4S/c1-2-23(25,26)18-5-3-16(4-6-18)15-31-22(33)21-13-17(14-30)11-12-32(21)37(34,35)20-9-7-19(8-10-20)36-24(27,28)29/h3-10,17,21H,2,11-15,30H2,1H3,(H,31,33)/t17-,21-/m1/s1. The monoisotopic (exact) mass is 549 g/mol. The Labute approximate surface area is 211 Å². The van der Waals surface area contributed by atoms with Crippen LogP contribution in [0.2, 0.25) is 0 Å². The highest BCUT2D eigenvalue weighted by molar-refractivity contribution is 7.89. The summed E-state index contributed by atoms with van der Waals surface area (Å²) in [5.74, 6) is -4.25. The molecule has 0 aliphatic carbocycles. The number of hydrogen-bond donors (Lipinski definition) is 2. The molecule has 2 aromatic carbocycles. The second kappa shape index (κ2) is 11.3. The van der Waals surface area contributed by atoms with Crippen LogP contribution < -0.4 is 15.8 Å². The summed E-state index contributed by atoms with van der Waals surface area (Å²) in [6, 6.07) is 8.09. The van der Waals surface area contributed by atoms with E-state index in [1.807, 2.05) is 0 Å². The number of carbonyl (C=O) groups is 1. The van der Waals surface area contributed by atoms with E-state index < -0.39 is 40.0 Å². The van der Waals surface area contributed by atoms with Gasteiger partial charge in [0.05, 0.1) is 4.90 Å². The number of carbonyl (C=O) groups excluding carboxylic acids is 1. The smallest absolute Gasteiger partial charge is 0.406 e. The molecule has 1 heterocycles. The molecule has 7 nitrogen and oxygen atoms in total. The Morgan fingerprint density at radius 3 is 2.24 bits per heavy atom. The second-order valence-electron chi connectivity index (χ2n) is 8.75. The van der Waals surface area contributed by atoms with E-state index >= 15 is 0 Å². The predicted molar refractivity (Wildman–Crippen MR) is 125 cm³/mol. The van der Waals surface area contributed by atoms with Gasteiger partial charge >= 0.3 is 6.36 Å². The number of nitrogens with zero attached hydrogens (tertiary/aromatic N) is 1. The van der Waals surface area contributed by atoms with Gasteiger partial charge in [-0.3, -0.25) is 4.79 Å². The summed E-state index contributed by atoms with van der Waals surface area (Å²) in [6.45, 7) is 1.59. The lowest BCUT2D eigenvalue weighted by Gasteiger charge is -2.37. The molecule has 0 bridgehead atoms. The summed E-state index contributed by atoms with van der Waals surface area (Å²) < 4.78 is 96.4. The van der Waals surface area contributed by atoms with Gasteiger partial charge in [-0.25, -0.2) is 17.2 Å². The lowest BCUT2D eigenvalue weighted by molar-refractivity contribution is -0.274. The van der Waals surface area contributed by atoms with Crippen molar-refractivity contribution in [3.05, 3.63) is 59.7 Å². The summed E-state index contributed by atoms with van der Waals surface area (Å²) in [5.41, 5.74) is 6.16. The van der Waals surface area contributed by atoms with Gasteiger partial charge in [-0.15, -0.1) is 13.2 Å². The van der Waals surface area contributed by atoms with Gasteiger partial charge in [0.2, 0.25) is 15.9 Å². The normalized spacial score (nSPS) is 19.4. The van der Waals surface area contributed by atoms with E-state index in [0.717, 1.165) is 28.6 Å². The zero-order chi connectivity index (χ0) is 27.4. The summed E-state index contributed by atoms with van der Waals surface area (Å²) in [7, 11) is -4.24. The highest BCUT2D eigenvalue weighted by Crippen LogP contribution is 2.32. The minimum atomic E-state index is -4.93. The van der Waals surface area contributed by atoms with Gasteiger partial charge in [0.1, 0.15) is 11.8 Å². The van der Waals surface area contributed by atoms with Crippen LogP contribution in [0.3, 0.4) is 0 Å². The molecule has 0 saturated carbocycles. The molecule has 3 rings (SSSR count). The Bertz CT molecular complexity index is 1170. The molecule has 3 N–H and O–H groups in total. The van der Waals surface area contributed by atoms with Crippen molar-refractivity contribution in [2.24, 2.45) is 11.7 Å². The maximum Gasteiger partial charge on any atom is 0.573 e. The first-order chi connectivity index (χ1) is 17.3. The van der Waals surface area contributed by atoms with Crippen LogP contribution in [0, 0.1) is 5.92 Å². The van der Waals surface area contributed by atoms with E-state index in [1.54, 1.807) is 0 Å². The fraction of sp³-hybridized carbons (Fsp3) is 0.458. The Balaban J connectivity index is 1.76. The number of ether oxygens (including phenoxy) is 1. The van der Waals surface area contributed by atoms with Crippen LogP contribution in [0.25, 0.3) is 0 Å². The molecule has 0 radical (unpaired) electrons. The number of amides is 1. The molecule has 2 aromatic rings. The molecule has 1 saturated heterocycles. The van der Waals surface area contributed by atoms with Crippen molar-refractivity contribution in [3.8, 4) is 5.75 Å². The van der Waals surface area contributed by atoms with Gasteiger partial charge in [0.15, 0.2) is 0 Å². The molecule has 1 fully saturated rings. The van der Waals surface area contributed by atoms with Crippen LogP contribution in [0.15, 0.2) is 53.4 Å². The molecular weight excluding hydrogens is 521 g/mol. The maximum atomic E-state index is 13.8. The maximum absolute atomic E-state index is 13.8. The number of nitrogens with two attached hydrogens (primary N) is 1. The topological polar surface area (TPSA) is 102 Å². The number of nitrogens with one attached hydrogen (secondary N) is 1. The van der Waals surface area contributed by atoms with Crippen LogP contribution in [-0.2, 0) is 27.3 Å². The van der Waals surface area contributed by atoms with E-state index in [0.29, 0.717) is 12.0 Å². The first-order valence-electron chi connectivity index (χ1n) is 11.6. The van der Waals surface area contributed by atoms with Crippen molar-refractivity contribution in [2.75, 3.05) is 13.1 Å². The predicted octanol–water partition coefficient (Wildman–Crippen LogP) is 4.13. The van der Waals surface area contributed by atoms with Crippen LogP contribution in [0.4, 0.5) is 22.0 Å². The molecule has 13 heteroatoms. The van der Waals surface area contributed by atoms with Crippen LogP contribution in [-0.4, -0.2) is 44.1 Å². The van der Waals surface area contributed by atoms with Crippen molar-refractivity contribution in [1.82, 2.24) is 9.62 Å². The Morgan fingerprint density at radius 2 is 1.70 bits per heavy atom. The molecule has 1 amide bonds. The molecule has 2 atom stereocenters. The van der Waals surface area contributed by atoms with Crippen LogP contribution >= 0.6 is 0 Å². The van der Waals surface area contributed by atoms with Crippen molar-refractivity contribution < 1.29 is 39.9 Å². The number of piperidine rings is 1. The first kappa shape index (κ1) is 28.8. The van der Waals surface area contributed by atoms with Gasteiger partial charge < -0.3 is 15.8 Å². The van der Waals surface area contributed by atoms with E-state index in [4.69, 9.17) is 5.73 Å². The van der Waals surface area contributed by atoms with E-state index in [2.05, 4.69) is 10.1 Å². The van der Waals surface area contributed by atoms with Crippen molar-refractivity contribution in [3.63, 3.8) is 0 Å².